The van der Waals surface area contributed by atoms with Crippen molar-refractivity contribution in [2.45, 2.75) is 12.8 Å². The predicted octanol–water partition coefficient (Wildman–Crippen LogP) is 3.44. The molecule has 82 valence electrons. The van der Waals surface area contributed by atoms with Crippen LogP contribution >= 0.6 is 23.2 Å². The largest absolute Gasteiger partial charge is 0.326 e. The molecule has 0 atom stereocenters. The minimum Gasteiger partial charge on any atom is -0.326 e. The van der Waals surface area contributed by atoms with Gasteiger partial charge in [-0.3, -0.25) is 4.79 Å². The van der Waals surface area contributed by atoms with Gasteiger partial charge in [-0.1, -0.05) is 11.6 Å². The van der Waals surface area contributed by atoms with Crippen molar-refractivity contribution in [1.82, 2.24) is 0 Å². The highest BCUT2D eigenvalue weighted by Gasteiger charge is 2.04. The maximum absolute atomic E-state index is 12.8. The molecule has 2 nitrogen and oxygen atoms in total. The van der Waals surface area contributed by atoms with Crippen molar-refractivity contribution in [3.63, 3.8) is 0 Å². The van der Waals surface area contributed by atoms with Crippen LogP contribution < -0.4 is 5.32 Å². The number of halogens is 3. The lowest BCUT2D eigenvalue weighted by molar-refractivity contribution is -0.116. The van der Waals surface area contributed by atoms with E-state index in [0.717, 1.165) is 0 Å². The number of rotatable bonds is 4. The van der Waals surface area contributed by atoms with Gasteiger partial charge in [0.2, 0.25) is 5.91 Å². The van der Waals surface area contributed by atoms with Gasteiger partial charge in [0, 0.05) is 18.0 Å². The average molecular weight is 250 g/mol. The van der Waals surface area contributed by atoms with Crippen LogP contribution in [0.25, 0.3) is 0 Å². The van der Waals surface area contributed by atoms with Gasteiger partial charge < -0.3 is 5.32 Å². The molecular weight excluding hydrogens is 240 g/mol. The Morgan fingerprint density at radius 3 is 2.80 bits per heavy atom. The number of anilines is 1. The molecule has 0 saturated heterocycles. The summed E-state index contributed by atoms with van der Waals surface area (Å²) in [4.78, 5) is 11.3. The van der Waals surface area contributed by atoms with Crippen LogP contribution in [-0.2, 0) is 4.79 Å². The molecule has 0 aliphatic carbocycles. The van der Waals surface area contributed by atoms with Gasteiger partial charge in [-0.05, 0) is 24.6 Å². The summed E-state index contributed by atoms with van der Waals surface area (Å²) in [7, 11) is 0. The van der Waals surface area contributed by atoms with Gasteiger partial charge in [0.05, 0.1) is 5.02 Å². The number of alkyl halides is 1. The zero-order valence-electron chi connectivity index (χ0n) is 7.90. The van der Waals surface area contributed by atoms with Crippen LogP contribution in [0.5, 0.6) is 0 Å². The van der Waals surface area contributed by atoms with Gasteiger partial charge in [0.1, 0.15) is 5.82 Å². The second-order valence-electron chi connectivity index (χ2n) is 2.97. The van der Waals surface area contributed by atoms with Crippen LogP contribution in [-0.4, -0.2) is 11.8 Å². The van der Waals surface area contributed by atoms with Gasteiger partial charge in [-0.15, -0.1) is 11.6 Å². The first-order valence-electron chi connectivity index (χ1n) is 4.44. The third-order valence-electron chi connectivity index (χ3n) is 1.74. The zero-order chi connectivity index (χ0) is 11.3. The van der Waals surface area contributed by atoms with Crippen molar-refractivity contribution in [2.24, 2.45) is 0 Å². The monoisotopic (exact) mass is 249 g/mol. The lowest BCUT2D eigenvalue weighted by Gasteiger charge is -2.04. The van der Waals surface area contributed by atoms with E-state index in [9.17, 15) is 9.18 Å². The van der Waals surface area contributed by atoms with Gasteiger partial charge in [-0.25, -0.2) is 4.39 Å². The topological polar surface area (TPSA) is 29.1 Å². The van der Waals surface area contributed by atoms with Crippen LogP contribution in [0.4, 0.5) is 10.1 Å². The Hall–Kier alpha value is -0.800. The fourth-order valence-electron chi connectivity index (χ4n) is 1.02. The van der Waals surface area contributed by atoms with E-state index in [2.05, 4.69) is 5.32 Å². The molecule has 0 heterocycles. The minimum atomic E-state index is -0.504. The lowest BCUT2D eigenvalue weighted by atomic mass is 10.2. The Balaban J connectivity index is 2.57. The molecule has 0 spiro atoms. The quantitative estimate of drug-likeness (QED) is 0.815. The molecule has 0 fully saturated rings. The molecular formula is C10H10Cl2FNO. The summed E-state index contributed by atoms with van der Waals surface area (Å²) in [6.07, 6.45) is 0.959. The van der Waals surface area contributed by atoms with Crippen molar-refractivity contribution in [2.75, 3.05) is 11.2 Å². The molecule has 0 aliphatic rings. The van der Waals surface area contributed by atoms with E-state index in [-0.39, 0.29) is 10.9 Å². The van der Waals surface area contributed by atoms with Crippen LogP contribution in [0.1, 0.15) is 12.8 Å². The fraction of sp³-hybridized carbons (Fsp3) is 0.300. The molecule has 0 unspecified atom stereocenters. The molecule has 1 rings (SSSR count). The molecule has 1 aromatic carbocycles. The van der Waals surface area contributed by atoms with Crippen molar-refractivity contribution in [3.8, 4) is 0 Å². The lowest BCUT2D eigenvalue weighted by Crippen LogP contribution is -2.11. The first-order chi connectivity index (χ1) is 7.13. The number of hydrogen-bond acceptors (Lipinski definition) is 1. The van der Waals surface area contributed by atoms with Gasteiger partial charge in [0.15, 0.2) is 0 Å². The third kappa shape index (κ3) is 4.06. The van der Waals surface area contributed by atoms with Gasteiger partial charge >= 0.3 is 0 Å². The molecule has 0 saturated carbocycles. The second kappa shape index (κ2) is 5.93. The predicted molar refractivity (Wildman–Crippen MR) is 60.0 cm³/mol. The Kier molecular flexibility index (Phi) is 4.85. The molecule has 0 bridgehead atoms. The standard InChI is InChI=1S/C10H10Cl2FNO/c11-5-1-2-10(15)14-7-3-4-9(13)8(12)6-7/h3-4,6H,1-2,5H2,(H,14,15). The second-order valence-corrected chi connectivity index (χ2v) is 3.75. The number of hydrogen-bond donors (Lipinski definition) is 1. The van der Waals surface area contributed by atoms with Gasteiger partial charge in [0.25, 0.3) is 0 Å². The highest BCUT2D eigenvalue weighted by atomic mass is 35.5. The smallest absolute Gasteiger partial charge is 0.224 e. The SMILES string of the molecule is O=C(CCCCl)Nc1ccc(F)c(Cl)c1. The molecule has 0 aromatic heterocycles. The summed E-state index contributed by atoms with van der Waals surface area (Å²) in [5.74, 6) is -0.217. The Morgan fingerprint density at radius 2 is 2.20 bits per heavy atom. The summed E-state index contributed by atoms with van der Waals surface area (Å²) in [5.41, 5.74) is 0.487. The number of carbonyl (C=O) groups is 1. The van der Waals surface area contributed by atoms with Crippen molar-refractivity contribution in [1.29, 1.82) is 0 Å². The van der Waals surface area contributed by atoms with E-state index >= 15 is 0 Å². The molecule has 1 aromatic rings. The fourth-order valence-corrected chi connectivity index (χ4v) is 1.34. The summed E-state index contributed by atoms with van der Waals surface area (Å²) < 4.78 is 12.8. The normalized spacial score (nSPS) is 10.1. The number of nitrogens with one attached hydrogen (secondary N) is 1. The number of amides is 1. The van der Waals surface area contributed by atoms with Crippen molar-refractivity contribution >= 4 is 34.8 Å². The van der Waals surface area contributed by atoms with E-state index in [1.807, 2.05) is 0 Å². The molecule has 15 heavy (non-hydrogen) atoms. The van der Waals surface area contributed by atoms with Crippen molar-refractivity contribution < 1.29 is 9.18 Å². The third-order valence-corrected chi connectivity index (χ3v) is 2.30. The Morgan fingerprint density at radius 1 is 1.47 bits per heavy atom. The number of carbonyl (C=O) groups excluding carboxylic acids is 1. The van der Waals surface area contributed by atoms with Crippen LogP contribution in [0, 0.1) is 5.82 Å². The summed E-state index contributed by atoms with van der Waals surface area (Å²) in [6, 6.07) is 4.04. The van der Waals surface area contributed by atoms with E-state index in [0.29, 0.717) is 24.4 Å². The first-order valence-corrected chi connectivity index (χ1v) is 5.35. The summed E-state index contributed by atoms with van der Waals surface area (Å²) in [5, 5.41) is 2.59. The first kappa shape index (κ1) is 12.3. The highest BCUT2D eigenvalue weighted by Crippen LogP contribution is 2.19. The molecule has 0 radical (unpaired) electrons. The summed E-state index contributed by atoms with van der Waals surface area (Å²) in [6.45, 7) is 0. The van der Waals surface area contributed by atoms with E-state index < -0.39 is 5.82 Å². The average Bonchev–Trinajstić information content (AvgIpc) is 2.20. The van der Waals surface area contributed by atoms with E-state index in [4.69, 9.17) is 23.2 Å². The van der Waals surface area contributed by atoms with Crippen LogP contribution in [0.3, 0.4) is 0 Å². The highest BCUT2D eigenvalue weighted by molar-refractivity contribution is 6.31. The van der Waals surface area contributed by atoms with E-state index in [1.165, 1.54) is 18.2 Å². The molecule has 0 aliphatic heterocycles. The molecule has 1 N–H and O–H groups in total. The van der Waals surface area contributed by atoms with Crippen LogP contribution in [0.15, 0.2) is 18.2 Å². The minimum absolute atomic E-state index is 0.00913. The zero-order valence-corrected chi connectivity index (χ0v) is 9.41. The van der Waals surface area contributed by atoms with E-state index in [1.54, 1.807) is 0 Å². The van der Waals surface area contributed by atoms with Crippen LogP contribution in [0.2, 0.25) is 5.02 Å². The van der Waals surface area contributed by atoms with Gasteiger partial charge in [-0.2, -0.15) is 0 Å². The molecule has 1 amide bonds. The summed E-state index contributed by atoms with van der Waals surface area (Å²) >= 11 is 11.0. The maximum atomic E-state index is 12.8. The Labute approximate surface area is 97.4 Å². The van der Waals surface area contributed by atoms with Crippen molar-refractivity contribution in [3.05, 3.63) is 29.0 Å². The molecule has 5 heteroatoms. The number of benzene rings is 1. The maximum Gasteiger partial charge on any atom is 0.224 e. The Bertz CT molecular complexity index is 357.